The minimum atomic E-state index is -0.454. The van der Waals surface area contributed by atoms with Gasteiger partial charge in [0.25, 0.3) is 0 Å². The van der Waals surface area contributed by atoms with E-state index in [4.69, 9.17) is 4.74 Å². The number of nitrogens with zero attached hydrogens (tertiary/aromatic N) is 3. The number of nitrogens with one attached hydrogen (secondary N) is 1. The predicted molar refractivity (Wildman–Crippen MR) is 105 cm³/mol. The summed E-state index contributed by atoms with van der Waals surface area (Å²) in [5.74, 6) is 0.136. The quantitative estimate of drug-likeness (QED) is 0.261. The van der Waals surface area contributed by atoms with Crippen molar-refractivity contribution >= 4 is 17.2 Å². The number of hydrogen-bond donors (Lipinski definition) is 1. The Morgan fingerprint density at radius 1 is 0.963 bits per heavy atom. The molecular weight excluding hydrogens is 343 g/mol. The van der Waals surface area contributed by atoms with E-state index in [9.17, 15) is 4.39 Å². The topological polar surface area (TPSA) is 58.3 Å². The summed E-state index contributed by atoms with van der Waals surface area (Å²) in [7, 11) is 0. The summed E-state index contributed by atoms with van der Waals surface area (Å²) in [4.78, 5) is 0. The summed E-state index contributed by atoms with van der Waals surface area (Å²) in [5.41, 5.74) is 4.82. The van der Waals surface area contributed by atoms with Crippen LogP contribution in [0, 0.1) is 5.82 Å². The highest BCUT2D eigenvalue weighted by molar-refractivity contribution is 5.99. The number of rotatable bonds is 6. The van der Waals surface area contributed by atoms with Crippen molar-refractivity contribution in [2.75, 3.05) is 12.0 Å². The molecule has 3 aromatic carbocycles. The van der Waals surface area contributed by atoms with E-state index >= 15 is 0 Å². The van der Waals surface area contributed by atoms with Crippen molar-refractivity contribution in [1.29, 1.82) is 0 Å². The summed E-state index contributed by atoms with van der Waals surface area (Å²) in [6, 6.07) is 23.4. The van der Waals surface area contributed by atoms with Crippen LogP contribution in [-0.2, 0) is 0 Å². The van der Waals surface area contributed by atoms with Crippen LogP contribution in [0.15, 0.2) is 94.2 Å². The largest absolute Gasteiger partial charge is 0.491 e. The number of ether oxygens (including phenoxy) is 1. The van der Waals surface area contributed by atoms with Crippen molar-refractivity contribution in [3.05, 3.63) is 90.2 Å². The van der Waals surface area contributed by atoms with Crippen molar-refractivity contribution in [2.45, 2.75) is 6.92 Å². The molecule has 1 N–H and O–H groups in total. The number of hydrogen-bond acceptors (Lipinski definition) is 4. The normalized spacial score (nSPS) is 11.6. The van der Waals surface area contributed by atoms with E-state index in [1.165, 1.54) is 6.07 Å². The summed E-state index contributed by atoms with van der Waals surface area (Å²) < 4.78 is 19.2. The molecule has 0 amide bonds. The molecular formula is C21H19FN4O. The van der Waals surface area contributed by atoms with Gasteiger partial charge in [0.05, 0.1) is 18.0 Å². The van der Waals surface area contributed by atoms with E-state index < -0.39 is 5.82 Å². The van der Waals surface area contributed by atoms with Crippen LogP contribution in [0.1, 0.15) is 12.5 Å². The number of anilines is 1. The highest BCUT2D eigenvalue weighted by Crippen LogP contribution is 2.21. The Morgan fingerprint density at radius 2 is 1.67 bits per heavy atom. The maximum Gasteiger partial charge on any atom is 0.201 e. The lowest BCUT2D eigenvalue weighted by Crippen LogP contribution is -2.02. The van der Waals surface area contributed by atoms with Gasteiger partial charge >= 0.3 is 0 Å². The van der Waals surface area contributed by atoms with E-state index in [0.717, 1.165) is 5.56 Å². The molecule has 0 atom stereocenters. The van der Waals surface area contributed by atoms with Crippen molar-refractivity contribution in [3.8, 4) is 5.75 Å². The molecule has 136 valence electrons. The summed E-state index contributed by atoms with van der Waals surface area (Å²) in [5, 5.41) is 12.7. The van der Waals surface area contributed by atoms with Gasteiger partial charge in [0, 0.05) is 11.6 Å². The summed E-state index contributed by atoms with van der Waals surface area (Å²) in [6.45, 7) is 2.21. The van der Waals surface area contributed by atoms with Crippen LogP contribution in [0.4, 0.5) is 15.8 Å². The number of hydrazone groups is 1. The molecule has 0 bridgehead atoms. The van der Waals surface area contributed by atoms with Gasteiger partial charge in [0.1, 0.15) is 0 Å². The van der Waals surface area contributed by atoms with Crippen LogP contribution >= 0.6 is 0 Å². The van der Waals surface area contributed by atoms with Gasteiger partial charge in [-0.15, -0.1) is 10.2 Å². The molecule has 0 spiro atoms. The van der Waals surface area contributed by atoms with Crippen molar-refractivity contribution in [3.63, 3.8) is 0 Å². The zero-order chi connectivity index (χ0) is 18.9. The fraction of sp³-hybridized carbons (Fsp3) is 0.0952. The molecule has 0 aliphatic carbocycles. The second kappa shape index (κ2) is 9.24. The Hall–Kier alpha value is -3.54. The average Bonchev–Trinajstić information content (AvgIpc) is 2.71. The molecule has 3 aromatic rings. The first-order chi connectivity index (χ1) is 13.3. The Bertz CT molecular complexity index is 927. The smallest absolute Gasteiger partial charge is 0.201 e. The fourth-order valence-electron chi connectivity index (χ4n) is 2.29. The maximum atomic E-state index is 14.0. The van der Waals surface area contributed by atoms with Gasteiger partial charge in [-0.2, -0.15) is 5.10 Å². The van der Waals surface area contributed by atoms with Crippen LogP contribution in [0.3, 0.4) is 0 Å². The lowest BCUT2D eigenvalue weighted by Gasteiger charge is -2.07. The van der Waals surface area contributed by atoms with Crippen LogP contribution in [0.2, 0.25) is 0 Å². The lowest BCUT2D eigenvalue weighted by atomic mass is 10.2. The molecule has 0 saturated carbocycles. The van der Waals surface area contributed by atoms with E-state index in [2.05, 4.69) is 20.8 Å². The Labute approximate surface area is 157 Å². The summed E-state index contributed by atoms with van der Waals surface area (Å²) in [6.07, 6.45) is 0. The van der Waals surface area contributed by atoms with Gasteiger partial charge in [-0.1, -0.05) is 48.5 Å². The summed E-state index contributed by atoms with van der Waals surface area (Å²) >= 11 is 0. The van der Waals surface area contributed by atoms with Gasteiger partial charge in [0.2, 0.25) is 5.84 Å². The Morgan fingerprint density at radius 3 is 2.33 bits per heavy atom. The van der Waals surface area contributed by atoms with Crippen molar-refractivity contribution in [2.24, 2.45) is 15.3 Å². The van der Waals surface area contributed by atoms with Crippen molar-refractivity contribution in [1.82, 2.24) is 0 Å². The number of halogens is 1. The highest BCUT2D eigenvalue weighted by atomic mass is 19.1. The number of benzene rings is 3. The molecule has 0 radical (unpaired) electrons. The Kier molecular flexibility index (Phi) is 6.25. The zero-order valence-corrected chi connectivity index (χ0v) is 14.8. The second-order valence-corrected chi connectivity index (χ2v) is 5.53. The highest BCUT2D eigenvalue weighted by Gasteiger charge is 2.05. The first-order valence-electron chi connectivity index (χ1n) is 8.54. The molecule has 0 aliphatic heterocycles. The molecule has 3 rings (SSSR count). The van der Waals surface area contributed by atoms with Gasteiger partial charge in [-0.3, -0.25) is 5.43 Å². The van der Waals surface area contributed by atoms with Gasteiger partial charge in [-0.05, 0) is 31.2 Å². The van der Waals surface area contributed by atoms with E-state index in [1.807, 2.05) is 60.7 Å². The minimum absolute atomic E-state index is 0.207. The second-order valence-electron chi connectivity index (χ2n) is 5.53. The third-order valence-corrected chi connectivity index (χ3v) is 3.57. The van der Waals surface area contributed by atoms with Crippen LogP contribution < -0.4 is 10.2 Å². The number of amidine groups is 1. The Balaban J connectivity index is 1.84. The van der Waals surface area contributed by atoms with Gasteiger partial charge < -0.3 is 4.74 Å². The lowest BCUT2D eigenvalue weighted by molar-refractivity contribution is 0.321. The average molecular weight is 362 g/mol. The number of azo groups is 1. The molecule has 0 unspecified atom stereocenters. The first kappa shape index (κ1) is 18.3. The fourth-order valence-corrected chi connectivity index (χ4v) is 2.29. The molecule has 5 nitrogen and oxygen atoms in total. The van der Waals surface area contributed by atoms with E-state index in [0.29, 0.717) is 23.8 Å². The van der Waals surface area contributed by atoms with Gasteiger partial charge in [-0.25, -0.2) is 4.39 Å². The van der Waals surface area contributed by atoms with E-state index in [-0.39, 0.29) is 5.75 Å². The van der Waals surface area contributed by atoms with Crippen LogP contribution in [0.5, 0.6) is 5.75 Å². The predicted octanol–water partition coefficient (Wildman–Crippen LogP) is 5.78. The van der Waals surface area contributed by atoms with Crippen LogP contribution in [0.25, 0.3) is 0 Å². The van der Waals surface area contributed by atoms with Crippen molar-refractivity contribution < 1.29 is 9.13 Å². The molecule has 0 aliphatic rings. The SMILES string of the molecule is CCOc1ccc(N/N=C(/N=Nc2ccccc2)c2ccccc2)cc1F. The monoisotopic (exact) mass is 362 g/mol. The molecule has 0 heterocycles. The molecule has 0 aromatic heterocycles. The molecule has 0 fully saturated rings. The molecule has 0 saturated heterocycles. The van der Waals surface area contributed by atoms with Gasteiger partial charge in [0.15, 0.2) is 11.6 Å². The zero-order valence-electron chi connectivity index (χ0n) is 14.8. The van der Waals surface area contributed by atoms with Crippen LogP contribution in [-0.4, -0.2) is 12.4 Å². The molecule has 6 heteroatoms. The minimum Gasteiger partial charge on any atom is -0.491 e. The third-order valence-electron chi connectivity index (χ3n) is 3.57. The third kappa shape index (κ3) is 5.22. The van der Waals surface area contributed by atoms with E-state index in [1.54, 1.807) is 19.1 Å². The first-order valence-corrected chi connectivity index (χ1v) is 8.54. The molecule has 27 heavy (non-hydrogen) atoms. The maximum absolute atomic E-state index is 14.0. The standard InChI is InChI=1S/C21H19FN4O/c1-2-27-20-14-13-18(15-19(20)22)24-26-21(16-9-5-3-6-10-16)25-23-17-11-7-4-8-12-17/h3-15,24H,2H2,1H3/b25-23?,26-21+.